The van der Waals surface area contributed by atoms with Gasteiger partial charge in [-0.3, -0.25) is 9.69 Å². The van der Waals surface area contributed by atoms with Crippen molar-refractivity contribution >= 4 is 50.2 Å². The topological polar surface area (TPSA) is 54.5 Å². The van der Waals surface area contributed by atoms with Gasteiger partial charge in [0, 0.05) is 40.2 Å². The van der Waals surface area contributed by atoms with Crippen LogP contribution in [0, 0.1) is 0 Å². The van der Waals surface area contributed by atoms with Gasteiger partial charge in [0.25, 0.3) is 0 Å². The molecule has 0 spiro atoms. The summed E-state index contributed by atoms with van der Waals surface area (Å²) in [4.78, 5) is 20.6. The molecular weight excluding hydrogens is 494 g/mol. The van der Waals surface area contributed by atoms with Gasteiger partial charge in [-0.05, 0) is 67.2 Å². The van der Waals surface area contributed by atoms with Crippen LogP contribution < -0.4 is 10.1 Å². The minimum Gasteiger partial charge on any atom is -0.492 e. The zero-order valence-electron chi connectivity index (χ0n) is 18.2. The van der Waals surface area contributed by atoms with Crippen molar-refractivity contribution in [2.75, 3.05) is 18.5 Å². The lowest BCUT2D eigenvalue weighted by Gasteiger charge is -2.30. The van der Waals surface area contributed by atoms with Crippen LogP contribution in [0.2, 0.25) is 0 Å². The fourth-order valence-electron chi connectivity index (χ4n) is 3.35. The molecule has 0 atom stereocenters. The second kappa shape index (κ2) is 11.2. The summed E-state index contributed by atoms with van der Waals surface area (Å²) in [5.74, 6) is 0.661. The number of nitrogens with one attached hydrogen (secondary N) is 1. The van der Waals surface area contributed by atoms with Gasteiger partial charge in [-0.1, -0.05) is 6.07 Å². The molecule has 0 aliphatic heterocycles. The molecule has 0 saturated heterocycles. The molecule has 1 aromatic carbocycles. The Balaban J connectivity index is 1.53. The van der Waals surface area contributed by atoms with Gasteiger partial charge in [0.2, 0.25) is 5.91 Å². The van der Waals surface area contributed by atoms with Gasteiger partial charge < -0.3 is 10.1 Å². The molecule has 8 heteroatoms. The second-order valence-corrected chi connectivity index (χ2v) is 10.4. The highest BCUT2D eigenvalue weighted by molar-refractivity contribution is 9.10. The number of anilines is 1. The van der Waals surface area contributed by atoms with Crippen molar-refractivity contribution in [1.82, 2.24) is 9.88 Å². The monoisotopic (exact) mass is 521 g/mol. The number of nitrogens with zero attached hydrogens (tertiary/aromatic N) is 2. The van der Waals surface area contributed by atoms with Gasteiger partial charge in [0.1, 0.15) is 17.4 Å². The van der Waals surface area contributed by atoms with E-state index in [1.807, 2.05) is 41.1 Å². The third-order valence-corrected chi connectivity index (χ3v) is 7.65. The molecule has 5 nitrogen and oxygen atoms in total. The Morgan fingerprint density at radius 3 is 2.65 bits per heavy atom. The quantitative estimate of drug-likeness (QED) is 0.339. The van der Waals surface area contributed by atoms with Gasteiger partial charge in [0.05, 0.1) is 17.0 Å². The maximum absolute atomic E-state index is 12.5. The Labute approximate surface area is 200 Å². The fraction of sp³-hybridized carbons (Fsp3) is 0.391. The molecule has 1 N–H and O–H groups in total. The van der Waals surface area contributed by atoms with Crippen LogP contribution in [-0.2, 0) is 11.2 Å². The first-order valence-corrected chi connectivity index (χ1v) is 12.8. The number of benzene rings is 1. The van der Waals surface area contributed by atoms with E-state index in [-0.39, 0.29) is 12.3 Å². The average Bonchev–Trinajstić information content (AvgIpc) is 3.33. The maximum atomic E-state index is 12.5. The van der Waals surface area contributed by atoms with Crippen LogP contribution in [0.25, 0.3) is 9.88 Å². The first kappa shape index (κ1) is 23.9. The van der Waals surface area contributed by atoms with Gasteiger partial charge in [-0.2, -0.15) is 0 Å². The summed E-state index contributed by atoms with van der Waals surface area (Å²) in [5, 5.41) is 7.84. The lowest BCUT2D eigenvalue weighted by molar-refractivity contribution is -0.115. The summed E-state index contributed by atoms with van der Waals surface area (Å²) in [5.41, 5.74) is 1.50. The minimum atomic E-state index is -0.0926. The third-order valence-electron chi connectivity index (χ3n) is 4.77. The van der Waals surface area contributed by atoms with Crippen molar-refractivity contribution in [2.45, 2.75) is 46.2 Å². The Morgan fingerprint density at radius 1 is 1.19 bits per heavy atom. The lowest BCUT2D eigenvalue weighted by atomic mass is 10.2. The molecule has 0 bridgehead atoms. The van der Waals surface area contributed by atoms with Gasteiger partial charge in [-0.15, -0.1) is 22.7 Å². The molecule has 0 aliphatic rings. The van der Waals surface area contributed by atoms with E-state index in [9.17, 15) is 4.79 Å². The molecule has 0 aliphatic carbocycles. The van der Waals surface area contributed by atoms with Crippen molar-refractivity contribution in [3.05, 3.63) is 51.3 Å². The largest absolute Gasteiger partial charge is 0.492 e. The van der Waals surface area contributed by atoms with E-state index in [2.05, 4.69) is 58.8 Å². The van der Waals surface area contributed by atoms with Crippen molar-refractivity contribution in [3.63, 3.8) is 0 Å². The van der Waals surface area contributed by atoms with Crippen molar-refractivity contribution < 1.29 is 9.53 Å². The highest BCUT2D eigenvalue weighted by atomic mass is 79.9. The summed E-state index contributed by atoms with van der Waals surface area (Å²) in [6.07, 6.45) is 0.238. The van der Waals surface area contributed by atoms with Crippen molar-refractivity contribution in [3.8, 4) is 15.6 Å². The number of carbonyl (C=O) groups excluding carboxylic acids is 1. The molecule has 2 heterocycles. The zero-order chi connectivity index (χ0) is 22.4. The summed E-state index contributed by atoms with van der Waals surface area (Å²) in [6.45, 7) is 10.2. The van der Waals surface area contributed by atoms with E-state index in [0.717, 1.165) is 38.0 Å². The Hall–Kier alpha value is -1.74. The van der Waals surface area contributed by atoms with E-state index in [1.54, 1.807) is 22.7 Å². The van der Waals surface area contributed by atoms with E-state index in [0.29, 0.717) is 18.7 Å². The van der Waals surface area contributed by atoms with E-state index < -0.39 is 0 Å². The Kier molecular flexibility index (Phi) is 8.66. The van der Waals surface area contributed by atoms with Crippen LogP contribution in [0.15, 0.2) is 45.6 Å². The maximum Gasteiger partial charge on any atom is 0.230 e. The van der Waals surface area contributed by atoms with Crippen LogP contribution >= 0.6 is 38.6 Å². The molecule has 0 radical (unpaired) electrons. The fourth-order valence-corrected chi connectivity index (χ4v) is 5.99. The van der Waals surface area contributed by atoms with Crippen LogP contribution in [0.4, 0.5) is 5.69 Å². The smallest absolute Gasteiger partial charge is 0.230 e. The number of halogens is 1. The predicted molar refractivity (Wildman–Crippen MR) is 134 cm³/mol. The molecule has 166 valence electrons. The highest BCUT2D eigenvalue weighted by Crippen LogP contribution is 2.35. The van der Waals surface area contributed by atoms with Crippen LogP contribution in [0.5, 0.6) is 5.75 Å². The number of rotatable bonds is 10. The first-order chi connectivity index (χ1) is 14.8. The Bertz CT molecular complexity index is 992. The molecule has 31 heavy (non-hydrogen) atoms. The predicted octanol–water partition coefficient (Wildman–Crippen LogP) is 6.31. The van der Waals surface area contributed by atoms with Gasteiger partial charge >= 0.3 is 0 Å². The third kappa shape index (κ3) is 6.87. The van der Waals surface area contributed by atoms with Crippen LogP contribution in [-0.4, -0.2) is 41.0 Å². The second-order valence-electron chi connectivity index (χ2n) is 7.77. The number of amides is 1. The highest BCUT2D eigenvalue weighted by Gasteiger charge is 2.14. The number of carbonyl (C=O) groups is 1. The Morgan fingerprint density at radius 2 is 1.97 bits per heavy atom. The number of ether oxygens (including phenoxy) is 1. The van der Waals surface area contributed by atoms with Gasteiger partial charge in [0.15, 0.2) is 0 Å². The molecule has 2 aromatic heterocycles. The number of hydrogen-bond acceptors (Lipinski definition) is 6. The van der Waals surface area contributed by atoms with Crippen LogP contribution in [0.1, 0.15) is 33.4 Å². The van der Waals surface area contributed by atoms with Crippen molar-refractivity contribution in [1.29, 1.82) is 0 Å². The molecule has 0 fully saturated rings. The number of aromatic nitrogens is 1. The van der Waals surface area contributed by atoms with Crippen molar-refractivity contribution in [2.24, 2.45) is 0 Å². The minimum absolute atomic E-state index is 0.0926. The summed E-state index contributed by atoms with van der Waals surface area (Å²) >= 11 is 6.72. The van der Waals surface area contributed by atoms with E-state index >= 15 is 0 Å². The SMILES string of the molecule is CC(C)N(CCOc1cccc(NC(=O)Cc2csc(-c3sccc3Br)n2)c1)C(C)C. The molecule has 1 amide bonds. The molecule has 3 rings (SSSR count). The van der Waals surface area contributed by atoms with Crippen LogP contribution in [0.3, 0.4) is 0 Å². The number of hydrogen-bond donors (Lipinski definition) is 1. The lowest BCUT2D eigenvalue weighted by Crippen LogP contribution is -2.39. The van der Waals surface area contributed by atoms with E-state index in [1.165, 1.54) is 0 Å². The molecule has 0 saturated carbocycles. The molecular formula is C23H28BrN3O2S2. The summed E-state index contributed by atoms with van der Waals surface area (Å²) in [6, 6.07) is 10.5. The standard InChI is InChI=1S/C23H28BrN3O2S2/c1-15(2)27(16(3)4)9-10-29-19-7-5-6-17(12-19)25-21(28)13-18-14-31-23(26-18)22-20(24)8-11-30-22/h5-8,11-12,14-16H,9-10,13H2,1-4H3,(H,25,28). The first-order valence-electron chi connectivity index (χ1n) is 10.3. The number of thiazole rings is 1. The summed E-state index contributed by atoms with van der Waals surface area (Å²) in [7, 11) is 0. The normalized spacial score (nSPS) is 11.5. The van der Waals surface area contributed by atoms with E-state index in [4.69, 9.17) is 4.74 Å². The van der Waals surface area contributed by atoms with Gasteiger partial charge in [-0.25, -0.2) is 4.98 Å². The molecule has 3 aromatic rings. The zero-order valence-corrected chi connectivity index (χ0v) is 21.4. The number of thiophene rings is 1. The average molecular weight is 523 g/mol. The summed E-state index contributed by atoms with van der Waals surface area (Å²) < 4.78 is 6.96. The molecule has 0 unspecified atom stereocenters.